The molecule has 0 amide bonds. The van der Waals surface area contributed by atoms with Gasteiger partial charge in [-0.1, -0.05) is 0 Å². The van der Waals surface area contributed by atoms with Crippen molar-refractivity contribution in [3.05, 3.63) is 0 Å². The number of carbonyl (C=O) groups is 2. The highest BCUT2D eigenvalue weighted by atomic mass is 16.5. The van der Waals surface area contributed by atoms with Gasteiger partial charge in [-0.05, 0) is 0 Å². The molecule has 6 heteroatoms. The number of rotatable bonds is 4. The van der Waals surface area contributed by atoms with Gasteiger partial charge in [-0.2, -0.15) is 0 Å². The molecule has 0 aromatic heterocycles. The van der Waals surface area contributed by atoms with Gasteiger partial charge in [-0.15, -0.1) is 0 Å². The van der Waals surface area contributed by atoms with E-state index >= 15 is 0 Å². The van der Waals surface area contributed by atoms with Crippen LogP contribution in [-0.4, -0.2) is 48.6 Å². The Labute approximate surface area is 75.1 Å². The minimum absolute atomic E-state index is 0.632. The summed E-state index contributed by atoms with van der Waals surface area (Å²) in [5.74, 6) is -1.87. The van der Waals surface area contributed by atoms with Crippen LogP contribution in [-0.2, 0) is 19.1 Å². The minimum atomic E-state index is -2.21. The molecular formula is C7H12O6. The van der Waals surface area contributed by atoms with Crippen molar-refractivity contribution in [3.8, 4) is 0 Å². The second-order valence-electron chi connectivity index (χ2n) is 2.43. The molecule has 0 aliphatic rings. The van der Waals surface area contributed by atoms with Gasteiger partial charge in [0.15, 0.2) is 5.60 Å². The predicted octanol–water partition coefficient (Wildman–Crippen LogP) is -1.55. The molecule has 0 aromatic rings. The fraction of sp³-hybridized carbons (Fsp3) is 0.714. The summed E-state index contributed by atoms with van der Waals surface area (Å²) in [6, 6.07) is 0. The zero-order valence-corrected chi connectivity index (χ0v) is 7.44. The third kappa shape index (κ3) is 3.00. The molecule has 1 unspecified atom stereocenters. The second kappa shape index (κ2) is 4.78. The van der Waals surface area contributed by atoms with E-state index in [1.165, 1.54) is 0 Å². The van der Waals surface area contributed by atoms with Crippen molar-refractivity contribution in [3.63, 3.8) is 0 Å². The molecule has 0 rings (SSSR count). The predicted molar refractivity (Wildman–Crippen MR) is 40.7 cm³/mol. The Kier molecular flexibility index (Phi) is 4.36. The zero-order chi connectivity index (χ0) is 10.5. The molecule has 0 spiro atoms. The molecule has 0 saturated heterocycles. The van der Waals surface area contributed by atoms with Crippen molar-refractivity contribution in [1.82, 2.24) is 0 Å². The number of hydrogen-bond donors (Lipinski definition) is 2. The molecule has 0 aliphatic heterocycles. The molecule has 0 radical (unpaired) electrons. The SMILES string of the molecule is COC(=O)CC(O)(CO)C(=O)OC. The molecule has 0 saturated carbocycles. The third-order valence-corrected chi connectivity index (χ3v) is 1.49. The quantitative estimate of drug-likeness (QED) is 0.523. The maximum Gasteiger partial charge on any atom is 0.340 e. The summed E-state index contributed by atoms with van der Waals surface area (Å²) in [5, 5.41) is 18.0. The van der Waals surface area contributed by atoms with Crippen molar-refractivity contribution < 1.29 is 29.3 Å². The Bertz CT molecular complexity index is 201. The van der Waals surface area contributed by atoms with Crippen LogP contribution in [0.2, 0.25) is 0 Å². The van der Waals surface area contributed by atoms with E-state index in [-0.39, 0.29) is 0 Å². The first kappa shape index (κ1) is 11.9. The molecule has 0 aliphatic carbocycles. The number of methoxy groups -OCH3 is 2. The van der Waals surface area contributed by atoms with E-state index in [1.807, 2.05) is 0 Å². The monoisotopic (exact) mass is 192 g/mol. The van der Waals surface area contributed by atoms with Crippen LogP contribution in [0, 0.1) is 0 Å². The van der Waals surface area contributed by atoms with Crippen LogP contribution in [0.25, 0.3) is 0 Å². The van der Waals surface area contributed by atoms with Gasteiger partial charge in [0.25, 0.3) is 0 Å². The largest absolute Gasteiger partial charge is 0.469 e. The first-order valence-electron chi connectivity index (χ1n) is 3.48. The van der Waals surface area contributed by atoms with Crippen molar-refractivity contribution >= 4 is 11.9 Å². The van der Waals surface area contributed by atoms with Crippen LogP contribution < -0.4 is 0 Å². The minimum Gasteiger partial charge on any atom is -0.469 e. The van der Waals surface area contributed by atoms with E-state index < -0.39 is 30.6 Å². The van der Waals surface area contributed by atoms with Crippen LogP contribution in [0.15, 0.2) is 0 Å². The maximum absolute atomic E-state index is 10.9. The van der Waals surface area contributed by atoms with Gasteiger partial charge < -0.3 is 19.7 Å². The maximum atomic E-state index is 10.9. The van der Waals surface area contributed by atoms with E-state index in [0.717, 1.165) is 14.2 Å². The van der Waals surface area contributed by atoms with Crippen LogP contribution in [0.1, 0.15) is 6.42 Å². The van der Waals surface area contributed by atoms with Crippen LogP contribution in [0.5, 0.6) is 0 Å². The standard InChI is InChI=1S/C7H12O6/c1-12-5(9)3-7(11,4-8)6(10)13-2/h8,11H,3-4H2,1-2H3. The summed E-state index contributed by atoms with van der Waals surface area (Å²) in [7, 11) is 2.15. The van der Waals surface area contributed by atoms with Crippen molar-refractivity contribution in [2.24, 2.45) is 0 Å². The smallest absolute Gasteiger partial charge is 0.340 e. The van der Waals surface area contributed by atoms with E-state index in [0.29, 0.717) is 0 Å². The molecule has 0 heterocycles. The highest BCUT2D eigenvalue weighted by Gasteiger charge is 2.39. The van der Waals surface area contributed by atoms with Crippen molar-refractivity contribution in [2.75, 3.05) is 20.8 Å². The van der Waals surface area contributed by atoms with E-state index in [1.54, 1.807) is 0 Å². The number of aliphatic hydroxyl groups is 2. The average molecular weight is 192 g/mol. The van der Waals surface area contributed by atoms with Gasteiger partial charge in [0.1, 0.15) is 0 Å². The molecule has 6 nitrogen and oxygen atoms in total. The Morgan fingerprint density at radius 1 is 1.31 bits per heavy atom. The number of ether oxygens (including phenoxy) is 2. The zero-order valence-electron chi connectivity index (χ0n) is 7.44. The van der Waals surface area contributed by atoms with Crippen molar-refractivity contribution in [1.29, 1.82) is 0 Å². The molecule has 13 heavy (non-hydrogen) atoms. The molecule has 0 aromatic carbocycles. The highest BCUT2D eigenvalue weighted by molar-refractivity contribution is 5.85. The number of carbonyl (C=O) groups excluding carboxylic acids is 2. The third-order valence-electron chi connectivity index (χ3n) is 1.49. The Balaban J connectivity index is 4.45. The molecule has 2 N–H and O–H groups in total. The van der Waals surface area contributed by atoms with Gasteiger partial charge in [-0.3, -0.25) is 4.79 Å². The van der Waals surface area contributed by atoms with E-state index in [4.69, 9.17) is 5.11 Å². The van der Waals surface area contributed by atoms with Gasteiger partial charge >= 0.3 is 11.9 Å². The van der Waals surface area contributed by atoms with Gasteiger partial charge in [0.2, 0.25) is 0 Å². The Morgan fingerprint density at radius 3 is 2.15 bits per heavy atom. The lowest BCUT2D eigenvalue weighted by Gasteiger charge is -2.20. The lowest BCUT2D eigenvalue weighted by Crippen LogP contribution is -2.45. The van der Waals surface area contributed by atoms with Gasteiger partial charge in [0.05, 0.1) is 27.2 Å². The Morgan fingerprint density at radius 2 is 1.85 bits per heavy atom. The second-order valence-corrected chi connectivity index (χ2v) is 2.43. The normalized spacial score (nSPS) is 14.5. The topological polar surface area (TPSA) is 93.1 Å². The van der Waals surface area contributed by atoms with Gasteiger partial charge in [-0.25, -0.2) is 4.79 Å². The van der Waals surface area contributed by atoms with Gasteiger partial charge in [0, 0.05) is 0 Å². The Hall–Kier alpha value is -1.14. The number of hydrogen-bond acceptors (Lipinski definition) is 6. The summed E-state index contributed by atoms with van der Waals surface area (Å²) in [4.78, 5) is 21.6. The molecule has 0 bridgehead atoms. The summed E-state index contributed by atoms with van der Waals surface area (Å²) < 4.78 is 8.42. The van der Waals surface area contributed by atoms with E-state index in [9.17, 15) is 14.7 Å². The summed E-state index contributed by atoms with van der Waals surface area (Å²) in [5.41, 5.74) is -2.21. The fourth-order valence-corrected chi connectivity index (χ4v) is 0.694. The number of esters is 2. The lowest BCUT2D eigenvalue weighted by atomic mass is 10.0. The fourth-order valence-electron chi connectivity index (χ4n) is 0.694. The molecule has 0 fully saturated rings. The first-order chi connectivity index (χ1) is 6.00. The van der Waals surface area contributed by atoms with Crippen LogP contribution >= 0.6 is 0 Å². The molecule has 76 valence electrons. The van der Waals surface area contributed by atoms with Crippen LogP contribution in [0.4, 0.5) is 0 Å². The average Bonchev–Trinajstić information content (AvgIpc) is 2.15. The van der Waals surface area contributed by atoms with Crippen LogP contribution in [0.3, 0.4) is 0 Å². The molecular weight excluding hydrogens is 180 g/mol. The first-order valence-corrected chi connectivity index (χ1v) is 3.48. The summed E-state index contributed by atoms with van der Waals surface area (Å²) in [6.45, 7) is -0.894. The van der Waals surface area contributed by atoms with E-state index in [2.05, 4.69) is 9.47 Å². The lowest BCUT2D eigenvalue weighted by molar-refractivity contribution is -0.173. The summed E-state index contributed by atoms with van der Waals surface area (Å²) >= 11 is 0. The molecule has 1 atom stereocenters. The van der Waals surface area contributed by atoms with Crippen molar-refractivity contribution in [2.45, 2.75) is 12.0 Å². The number of aliphatic hydroxyl groups excluding tert-OH is 1. The summed E-state index contributed by atoms with van der Waals surface area (Å²) in [6.07, 6.45) is -0.632. The highest BCUT2D eigenvalue weighted by Crippen LogP contribution is 2.12.